The number of benzene rings is 1. The highest BCUT2D eigenvalue weighted by Crippen LogP contribution is 2.38. The smallest absolute Gasteiger partial charge is 0.383 e. The van der Waals surface area contributed by atoms with Crippen LogP contribution in [-0.2, 0) is 17.4 Å². The number of nitrogen functional groups attached to an aromatic ring is 1. The average Bonchev–Trinajstić information content (AvgIpc) is 3.36. The molecule has 1 fully saturated rings. The van der Waals surface area contributed by atoms with Gasteiger partial charge in [0.2, 0.25) is 5.91 Å². The lowest BCUT2D eigenvalue weighted by Gasteiger charge is -2.33. The minimum absolute atomic E-state index is 0.0550. The lowest BCUT2D eigenvalue weighted by Crippen LogP contribution is -2.40. The molecule has 5 rings (SSSR count). The zero-order chi connectivity index (χ0) is 22.5. The summed E-state index contributed by atoms with van der Waals surface area (Å²) in [7, 11) is 0. The van der Waals surface area contributed by atoms with Crippen molar-refractivity contribution in [1.29, 1.82) is 0 Å². The summed E-state index contributed by atoms with van der Waals surface area (Å²) in [5.41, 5.74) is 6.88. The summed E-state index contributed by atoms with van der Waals surface area (Å²) in [5, 5.41) is 6.99. The number of carbonyl (C=O) groups is 1. The molecule has 0 spiro atoms. The number of H-pyrrole nitrogens is 2. The third-order valence-corrected chi connectivity index (χ3v) is 6.09. The second-order valence-electron chi connectivity index (χ2n) is 8.14. The minimum atomic E-state index is -4.59. The molecule has 1 aliphatic rings. The number of nitrogens with zero attached hydrogens (tertiary/aromatic N) is 3. The second-order valence-corrected chi connectivity index (χ2v) is 8.14. The summed E-state index contributed by atoms with van der Waals surface area (Å²) in [6.07, 6.45) is -1.20. The molecular weight excluding hydrogens is 421 g/mol. The molecule has 166 valence electrons. The Morgan fingerprint density at radius 1 is 1.28 bits per heavy atom. The van der Waals surface area contributed by atoms with E-state index in [2.05, 4.69) is 20.2 Å². The highest BCUT2D eigenvalue weighted by molar-refractivity contribution is 5.90. The van der Waals surface area contributed by atoms with E-state index in [0.29, 0.717) is 25.9 Å². The Balaban J connectivity index is 1.40. The maximum atomic E-state index is 13.7. The van der Waals surface area contributed by atoms with Crippen molar-refractivity contribution in [2.24, 2.45) is 0 Å². The van der Waals surface area contributed by atoms with Gasteiger partial charge in [-0.2, -0.15) is 18.3 Å². The second kappa shape index (κ2) is 7.54. The summed E-state index contributed by atoms with van der Waals surface area (Å²) >= 11 is 0. The van der Waals surface area contributed by atoms with Crippen molar-refractivity contribution < 1.29 is 18.0 Å². The van der Waals surface area contributed by atoms with Gasteiger partial charge in [0, 0.05) is 41.8 Å². The molecule has 32 heavy (non-hydrogen) atoms. The number of pyridine rings is 1. The van der Waals surface area contributed by atoms with Crippen molar-refractivity contribution in [3.8, 4) is 0 Å². The van der Waals surface area contributed by atoms with Gasteiger partial charge < -0.3 is 15.6 Å². The molecule has 1 amide bonds. The summed E-state index contributed by atoms with van der Waals surface area (Å²) < 4.78 is 41.0. The van der Waals surface area contributed by atoms with Crippen molar-refractivity contribution in [3.63, 3.8) is 0 Å². The number of fused-ring (bicyclic) bond motifs is 2. The monoisotopic (exact) mass is 442 g/mol. The van der Waals surface area contributed by atoms with Crippen molar-refractivity contribution in [2.45, 2.75) is 31.4 Å². The van der Waals surface area contributed by atoms with E-state index in [0.717, 1.165) is 22.5 Å². The van der Waals surface area contributed by atoms with Crippen molar-refractivity contribution in [3.05, 3.63) is 53.3 Å². The first-order chi connectivity index (χ1) is 15.3. The fraction of sp³-hybridized carbons (Fsp3) is 0.318. The largest absolute Gasteiger partial charge is 0.417 e. The number of piperidine rings is 1. The van der Waals surface area contributed by atoms with Gasteiger partial charge in [-0.1, -0.05) is 18.2 Å². The molecule has 1 aromatic carbocycles. The number of nitrogens with two attached hydrogens (primary N) is 1. The molecule has 10 heteroatoms. The van der Waals surface area contributed by atoms with Gasteiger partial charge in [0.05, 0.1) is 17.4 Å². The number of amides is 1. The molecule has 1 aliphatic heterocycles. The number of alkyl halides is 3. The van der Waals surface area contributed by atoms with E-state index in [1.807, 2.05) is 30.5 Å². The van der Waals surface area contributed by atoms with Gasteiger partial charge in [-0.3, -0.25) is 9.89 Å². The number of hydrogen-bond donors (Lipinski definition) is 3. The number of aromatic amines is 2. The molecule has 4 aromatic rings. The Labute approximate surface area is 180 Å². The number of anilines is 1. The molecule has 1 saturated heterocycles. The van der Waals surface area contributed by atoms with Crippen molar-refractivity contribution in [1.82, 2.24) is 25.1 Å². The number of para-hydroxylation sites is 1. The van der Waals surface area contributed by atoms with Crippen LogP contribution in [0.25, 0.3) is 21.9 Å². The Bertz CT molecular complexity index is 1310. The van der Waals surface area contributed by atoms with Gasteiger partial charge in [-0.05, 0) is 30.5 Å². The highest BCUT2D eigenvalue weighted by Gasteiger charge is 2.36. The lowest BCUT2D eigenvalue weighted by molar-refractivity contribution is -0.136. The molecular formula is C22H21F3N6O. The van der Waals surface area contributed by atoms with Crippen molar-refractivity contribution in [2.75, 3.05) is 18.8 Å². The molecule has 4 N–H and O–H groups in total. The van der Waals surface area contributed by atoms with Crippen LogP contribution in [0.4, 0.5) is 19.0 Å². The molecule has 0 unspecified atom stereocenters. The number of nitrogens with one attached hydrogen (secondary N) is 2. The van der Waals surface area contributed by atoms with E-state index in [9.17, 15) is 18.0 Å². The van der Waals surface area contributed by atoms with Gasteiger partial charge in [0.25, 0.3) is 0 Å². The van der Waals surface area contributed by atoms with Crippen LogP contribution in [0.3, 0.4) is 0 Å². The maximum absolute atomic E-state index is 13.7. The third-order valence-electron chi connectivity index (χ3n) is 6.09. The number of carbonyl (C=O) groups excluding carboxylic acids is 1. The van der Waals surface area contributed by atoms with Crippen LogP contribution in [0.5, 0.6) is 0 Å². The molecule has 0 bridgehead atoms. The standard InChI is InChI=1S/C22H21F3N6O/c23-22(24,25)15-9-17(28-21-19(15)20(26)29-30-21)12-4-3-7-31(11-12)18(32)8-13-10-27-16-6-2-1-5-14(13)16/h1-2,5-6,9-10,12,27H,3-4,7-8,11H2,(H3,26,28,29,30)/t12-/m0/s1. The summed E-state index contributed by atoms with van der Waals surface area (Å²) in [6, 6.07) is 8.80. The average molecular weight is 442 g/mol. The van der Waals surface area contributed by atoms with Crippen molar-refractivity contribution >= 4 is 33.7 Å². The molecule has 7 nitrogen and oxygen atoms in total. The van der Waals surface area contributed by atoms with Gasteiger partial charge >= 0.3 is 6.18 Å². The molecule has 3 aromatic heterocycles. The molecule has 0 radical (unpaired) electrons. The number of rotatable bonds is 3. The Hall–Kier alpha value is -3.56. The van der Waals surface area contributed by atoms with Crippen LogP contribution >= 0.6 is 0 Å². The van der Waals surface area contributed by atoms with Gasteiger partial charge in [0.15, 0.2) is 5.65 Å². The van der Waals surface area contributed by atoms with E-state index >= 15 is 0 Å². The molecule has 0 aliphatic carbocycles. The van der Waals surface area contributed by atoms with Crippen LogP contribution in [0.15, 0.2) is 36.5 Å². The Morgan fingerprint density at radius 3 is 2.91 bits per heavy atom. The quantitative estimate of drug-likeness (QED) is 0.446. The Morgan fingerprint density at radius 2 is 2.09 bits per heavy atom. The molecule has 4 heterocycles. The SMILES string of the molecule is Nc1[nH]nc2nc([C@H]3CCCN(C(=O)Cc4c[nH]c5ccccc45)C3)cc(C(F)(F)F)c12. The van der Waals surface area contributed by atoms with Gasteiger partial charge in [-0.15, -0.1) is 0 Å². The van der Waals surface area contributed by atoms with Crippen LogP contribution in [0.2, 0.25) is 0 Å². The maximum Gasteiger partial charge on any atom is 0.417 e. The number of likely N-dealkylation sites (tertiary alicyclic amines) is 1. The number of halogens is 3. The van der Waals surface area contributed by atoms with Crippen LogP contribution in [-0.4, -0.2) is 44.1 Å². The third kappa shape index (κ3) is 3.55. The Kier molecular flexibility index (Phi) is 4.79. The summed E-state index contributed by atoms with van der Waals surface area (Å²) in [5.74, 6) is -0.523. The van der Waals surface area contributed by atoms with E-state index in [-0.39, 0.29) is 40.8 Å². The van der Waals surface area contributed by atoms with Crippen LogP contribution in [0, 0.1) is 0 Å². The normalized spacial score (nSPS) is 17.3. The first kappa shape index (κ1) is 20.3. The lowest BCUT2D eigenvalue weighted by atomic mass is 9.92. The van der Waals surface area contributed by atoms with Crippen LogP contribution < -0.4 is 5.73 Å². The fourth-order valence-electron chi connectivity index (χ4n) is 4.50. The number of hydrogen-bond acceptors (Lipinski definition) is 4. The van der Waals surface area contributed by atoms with E-state index in [1.54, 1.807) is 4.90 Å². The van der Waals surface area contributed by atoms with Crippen LogP contribution in [0.1, 0.15) is 35.6 Å². The minimum Gasteiger partial charge on any atom is -0.383 e. The predicted molar refractivity (Wildman–Crippen MR) is 114 cm³/mol. The zero-order valence-electron chi connectivity index (χ0n) is 17.0. The van der Waals surface area contributed by atoms with E-state index < -0.39 is 11.7 Å². The number of aromatic nitrogens is 4. The van der Waals surface area contributed by atoms with Gasteiger partial charge in [-0.25, -0.2) is 4.98 Å². The highest BCUT2D eigenvalue weighted by atomic mass is 19.4. The topological polar surface area (TPSA) is 104 Å². The van der Waals surface area contributed by atoms with Gasteiger partial charge in [0.1, 0.15) is 5.82 Å². The summed E-state index contributed by atoms with van der Waals surface area (Å²) in [6.45, 7) is 0.887. The predicted octanol–water partition coefficient (Wildman–Crippen LogP) is 3.99. The van der Waals surface area contributed by atoms with E-state index in [1.165, 1.54) is 0 Å². The zero-order valence-corrected chi connectivity index (χ0v) is 17.0. The molecule has 1 atom stereocenters. The molecule has 0 saturated carbocycles. The first-order valence-corrected chi connectivity index (χ1v) is 10.4. The fourth-order valence-corrected chi connectivity index (χ4v) is 4.50. The summed E-state index contributed by atoms with van der Waals surface area (Å²) in [4.78, 5) is 22.2. The first-order valence-electron chi connectivity index (χ1n) is 10.4. The van der Waals surface area contributed by atoms with E-state index in [4.69, 9.17) is 5.73 Å².